The highest BCUT2D eigenvalue weighted by Crippen LogP contribution is 2.27. The van der Waals surface area contributed by atoms with Crippen LogP contribution in [0.25, 0.3) is 0 Å². The van der Waals surface area contributed by atoms with Gasteiger partial charge in [-0.05, 0) is 60.2 Å². The fourth-order valence-electron chi connectivity index (χ4n) is 2.45. The summed E-state index contributed by atoms with van der Waals surface area (Å²) in [6.45, 7) is -0.148. The van der Waals surface area contributed by atoms with Gasteiger partial charge in [0, 0.05) is 5.69 Å². The molecule has 0 fully saturated rings. The van der Waals surface area contributed by atoms with Crippen molar-refractivity contribution in [3.8, 4) is 11.5 Å². The SMILES string of the molecule is COc1cc(C=NNc2ccc(F)cc2)ccc1OCC(=O)Nc1ccccc1. The normalized spacial score (nSPS) is 10.6. The van der Waals surface area contributed by atoms with Crippen molar-refractivity contribution in [2.24, 2.45) is 5.10 Å². The van der Waals surface area contributed by atoms with Crippen molar-refractivity contribution in [3.05, 3.63) is 84.2 Å². The van der Waals surface area contributed by atoms with E-state index < -0.39 is 0 Å². The van der Waals surface area contributed by atoms with E-state index >= 15 is 0 Å². The highest BCUT2D eigenvalue weighted by molar-refractivity contribution is 5.91. The number of nitrogens with one attached hydrogen (secondary N) is 2. The van der Waals surface area contributed by atoms with Gasteiger partial charge >= 0.3 is 0 Å². The van der Waals surface area contributed by atoms with E-state index in [-0.39, 0.29) is 18.3 Å². The molecular formula is C22H20FN3O3. The van der Waals surface area contributed by atoms with Gasteiger partial charge in [0.2, 0.25) is 0 Å². The quantitative estimate of drug-likeness (QED) is 0.442. The van der Waals surface area contributed by atoms with Crippen LogP contribution >= 0.6 is 0 Å². The van der Waals surface area contributed by atoms with Crippen LogP contribution in [0.1, 0.15) is 5.56 Å². The number of methoxy groups -OCH3 is 1. The summed E-state index contributed by atoms with van der Waals surface area (Å²) in [6, 6.07) is 20.2. The number of benzene rings is 3. The zero-order valence-electron chi connectivity index (χ0n) is 15.8. The first kappa shape index (κ1) is 19.9. The topological polar surface area (TPSA) is 71.9 Å². The molecule has 0 aliphatic heterocycles. The summed E-state index contributed by atoms with van der Waals surface area (Å²) in [5, 5.41) is 6.86. The fraction of sp³-hybridized carbons (Fsp3) is 0.0909. The lowest BCUT2D eigenvalue weighted by Crippen LogP contribution is -2.20. The van der Waals surface area contributed by atoms with E-state index in [4.69, 9.17) is 9.47 Å². The van der Waals surface area contributed by atoms with Crippen LogP contribution in [-0.4, -0.2) is 25.8 Å². The molecule has 148 valence electrons. The van der Waals surface area contributed by atoms with E-state index in [1.165, 1.54) is 19.2 Å². The number of ether oxygens (including phenoxy) is 2. The Labute approximate surface area is 168 Å². The maximum absolute atomic E-state index is 12.9. The van der Waals surface area contributed by atoms with Gasteiger partial charge in [0.05, 0.1) is 19.0 Å². The van der Waals surface area contributed by atoms with E-state index in [1.807, 2.05) is 18.2 Å². The van der Waals surface area contributed by atoms with Gasteiger partial charge in [-0.2, -0.15) is 5.10 Å². The second-order valence-electron chi connectivity index (χ2n) is 5.99. The number of carbonyl (C=O) groups is 1. The van der Waals surface area contributed by atoms with Crippen molar-refractivity contribution in [2.45, 2.75) is 0 Å². The molecule has 0 aliphatic carbocycles. The van der Waals surface area contributed by atoms with Crippen LogP contribution in [0, 0.1) is 5.82 Å². The van der Waals surface area contributed by atoms with E-state index in [9.17, 15) is 9.18 Å². The number of amides is 1. The molecule has 3 rings (SSSR count). The Morgan fingerprint density at radius 2 is 1.76 bits per heavy atom. The summed E-state index contributed by atoms with van der Waals surface area (Å²) in [5.41, 5.74) is 4.94. The third-order valence-corrected chi connectivity index (χ3v) is 3.86. The third-order valence-electron chi connectivity index (χ3n) is 3.86. The first-order valence-corrected chi connectivity index (χ1v) is 8.84. The standard InChI is InChI=1S/C22H20FN3O3/c1-28-21-13-16(14-24-26-19-10-8-17(23)9-11-19)7-12-20(21)29-15-22(27)25-18-5-3-2-4-6-18/h2-14,26H,15H2,1H3,(H,25,27). The fourth-order valence-corrected chi connectivity index (χ4v) is 2.45. The Morgan fingerprint density at radius 3 is 2.48 bits per heavy atom. The Hall–Kier alpha value is -3.87. The first-order chi connectivity index (χ1) is 14.1. The molecule has 0 saturated carbocycles. The van der Waals surface area contributed by atoms with Gasteiger partial charge in [0.1, 0.15) is 5.82 Å². The lowest BCUT2D eigenvalue weighted by atomic mass is 10.2. The number of anilines is 2. The number of para-hydroxylation sites is 1. The molecule has 0 spiro atoms. The van der Waals surface area contributed by atoms with Gasteiger partial charge < -0.3 is 14.8 Å². The molecule has 1 amide bonds. The number of hydrazone groups is 1. The number of hydrogen-bond donors (Lipinski definition) is 2. The molecule has 0 unspecified atom stereocenters. The zero-order chi connectivity index (χ0) is 20.5. The van der Waals surface area contributed by atoms with Gasteiger partial charge in [-0.15, -0.1) is 0 Å². The summed E-state index contributed by atoms with van der Waals surface area (Å²) in [4.78, 5) is 12.0. The predicted octanol–water partition coefficient (Wildman–Crippen LogP) is 4.30. The number of nitrogens with zero attached hydrogens (tertiary/aromatic N) is 1. The van der Waals surface area contributed by atoms with Gasteiger partial charge in [-0.25, -0.2) is 4.39 Å². The molecule has 0 bridgehead atoms. The Bertz CT molecular complexity index is 976. The molecule has 0 saturated heterocycles. The first-order valence-electron chi connectivity index (χ1n) is 8.84. The third kappa shape index (κ3) is 6.07. The largest absolute Gasteiger partial charge is 0.493 e. The van der Waals surface area contributed by atoms with Crippen molar-refractivity contribution in [3.63, 3.8) is 0 Å². The Kier molecular flexibility index (Phi) is 6.78. The predicted molar refractivity (Wildman–Crippen MR) is 111 cm³/mol. The molecule has 2 N–H and O–H groups in total. The maximum atomic E-state index is 12.9. The average Bonchev–Trinajstić information content (AvgIpc) is 2.75. The molecule has 0 heterocycles. The lowest BCUT2D eigenvalue weighted by molar-refractivity contribution is -0.118. The Balaban J connectivity index is 1.57. The van der Waals surface area contributed by atoms with Crippen LogP contribution in [-0.2, 0) is 4.79 Å². The van der Waals surface area contributed by atoms with Crippen LogP contribution < -0.4 is 20.2 Å². The highest BCUT2D eigenvalue weighted by Gasteiger charge is 2.08. The van der Waals surface area contributed by atoms with Crippen molar-refractivity contribution in [1.82, 2.24) is 0 Å². The summed E-state index contributed by atoms with van der Waals surface area (Å²) in [6.07, 6.45) is 1.60. The lowest BCUT2D eigenvalue weighted by Gasteiger charge is -2.11. The van der Waals surface area contributed by atoms with Gasteiger partial charge in [0.25, 0.3) is 5.91 Å². The number of hydrogen-bond acceptors (Lipinski definition) is 5. The van der Waals surface area contributed by atoms with Crippen molar-refractivity contribution >= 4 is 23.5 Å². The molecule has 0 radical (unpaired) electrons. The van der Waals surface area contributed by atoms with Crippen LogP contribution in [0.3, 0.4) is 0 Å². The monoisotopic (exact) mass is 393 g/mol. The second kappa shape index (κ2) is 9.89. The summed E-state index contributed by atoms with van der Waals surface area (Å²) in [5.74, 6) is 0.340. The number of rotatable bonds is 8. The van der Waals surface area contributed by atoms with Crippen LogP contribution in [0.4, 0.5) is 15.8 Å². The van der Waals surface area contributed by atoms with Crippen LogP contribution in [0.5, 0.6) is 11.5 Å². The highest BCUT2D eigenvalue weighted by atomic mass is 19.1. The Morgan fingerprint density at radius 1 is 1.00 bits per heavy atom. The molecule has 7 heteroatoms. The van der Waals surface area contributed by atoms with Gasteiger partial charge in [-0.3, -0.25) is 10.2 Å². The molecule has 6 nitrogen and oxygen atoms in total. The van der Waals surface area contributed by atoms with E-state index in [1.54, 1.807) is 48.7 Å². The molecule has 0 aromatic heterocycles. The molecule has 0 atom stereocenters. The summed E-state index contributed by atoms with van der Waals surface area (Å²) < 4.78 is 23.8. The number of carbonyl (C=O) groups excluding carboxylic acids is 1. The summed E-state index contributed by atoms with van der Waals surface area (Å²) in [7, 11) is 1.52. The van der Waals surface area contributed by atoms with Crippen molar-refractivity contribution in [2.75, 3.05) is 24.5 Å². The average molecular weight is 393 g/mol. The molecule has 3 aromatic carbocycles. The van der Waals surface area contributed by atoms with Gasteiger partial charge in [-0.1, -0.05) is 18.2 Å². The minimum absolute atomic E-state index is 0.148. The molecule has 3 aromatic rings. The van der Waals surface area contributed by atoms with Crippen molar-refractivity contribution in [1.29, 1.82) is 0 Å². The van der Waals surface area contributed by atoms with E-state index in [0.717, 1.165) is 5.56 Å². The zero-order valence-corrected chi connectivity index (χ0v) is 15.8. The van der Waals surface area contributed by atoms with Gasteiger partial charge in [0.15, 0.2) is 18.1 Å². The second-order valence-corrected chi connectivity index (χ2v) is 5.99. The van der Waals surface area contributed by atoms with Crippen LogP contribution in [0.15, 0.2) is 77.9 Å². The van der Waals surface area contributed by atoms with E-state index in [2.05, 4.69) is 15.8 Å². The molecular weight excluding hydrogens is 373 g/mol. The minimum Gasteiger partial charge on any atom is -0.493 e. The van der Waals surface area contributed by atoms with E-state index in [0.29, 0.717) is 22.9 Å². The minimum atomic E-state index is -0.308. The van der Waals surface area contributed by atoms with Crippen LogP contribution in [0.2, 0.25) is 0 Å². The van der Waals surface area contributed by atoms with Crippen molar-refractivity contribution < 1.29 is 18.7 Å². The molecule has 0 aliphatic rings. The maximum Gasteiger partial charge on any atom is 0.262 e. The number of halogens is 1. The summed E-state index contributed by atoms with van der Waals surface area (Å²) >= 11 is 0. The smallest absolute Gasteiger partial charge is 0.262 e. The molecule has 29 heavy (non-hydrogen) atoms.